The van der Waals surface area contributed by atoms with Crippen LogP contribution in [0.4, 0.5) is 8.78 Å². The quantitative estimate of drug-likeness (QED) is 0.656. The molecule has 0 N–H and O–H groups in total. The molecule has 2 rings (SSSR count). The Bertz CT molecular complexity index is 182. The second-order valence-corrected chi connectivity index (χ2v) is 4.01. The molecule has 1 aliphatic heterocycles. The summed E-state index contributed by atoms with van der Waals surface area (Å²) in [4.78, 5) is 1.83. The molecule has 0 aromatic heterocycles. The fraction of sp³-hybridized carbons (Fsp3) is 1.00. The maximum Gasteiger partial charge on any atom is 0.251 e. The van der Waals surface area contributed by atoms with E-state index in [0.29, 0.717) is 19.7 Å². The molecule has 76 valence electrons. The minimum Gasteiger partial charge on any atom is -0.372 e. The van der Waals surface area contributed by atoms with Crippen molar-refractivity contribution in [1.82, 2.24) is 4.90 Å². The van der Waals surface area contributed by atoms with Crippen LogP contribution in [0.15, 0.2) is 0 Å². The van der Waals surface area contributed by atoms with E-state index in [0.717, 1.165) is 12.8 Å². The summed E-state index contributed by atoms with van der Waals surface area (Å²) in [5, 5.41) is 0. The smallest absolute Gasteiger partial charge is 0.251 e. The van der Waals surface area contributed by atoms with Crippen molar-refractivity contribution in [1.29, 1.82) is 0 Å². The molecule has 1 aliphatic carbocycles. The van der Waals surface area contributed by atoms with Gasteiger partial charge in [0.2, 0.25) is 0 Å². The maximum atomic E-state index is 12.1. The highest BCUT2D eigenvalue weighted by atomic mass is 19.3. The molecule has 0 bridgehead atoms. The van der Waals surface area contributed by atoms with Crippen molar-refractivity contribution in [2.75, 3.05) is 26.2 Å². The summed E-state index contributed by atoms with van der Waals surface area (Å²) in [5.41, 5.74) is -0.0485. The summed E-state index contributed by atoms with van der Waals surface area (Å²) >= 11 is 0. The first-order valence-electron chi connectivity index (χ1n) is 4.85. The molecule has 13 heavy (non-hydrogen) atoms. The molecular formula is C9H15F2NO. The highest BCUT2D eigenvalue weighted by Crippen LogP contribution is 2.38. The average molecular weight is 191 g/mol. The third-order valence-corrected chi connectivity index (χ3v) is 2.99. The van der Waals surface area contributed by atoms with E-state index in [1.165, 1.54) is 6.42 Å². The summed E-state index contributed by atoms with van der Waals surface area (Å²) in [6.45, 7) is 1.89. The Balaban J connectivity index is 1.85. The zero-order valence-corrected chi connectivity index (χ0v) is 7.64. The van der Waals surface area contributed by atoms with Crippen LogP contribution in [-0.2, 0) is 4.74 Å². The van der Waals surface area contributed by atoms with Gasteiger partial charge in [0.05, 0.1) is 18.8 Å². The Morgan fingerprint density at radius 3 is 2.69 bits per heavy atom. The Morgan fingerprint density at radius 2 is 2.15 bits per heavy atom. The molecule has 0 amide bonds. The van der Waals surface area contributed by atoms with Crippen molar-refractivity contribution in [2.45, 2.75) is 31.3 Å². The molecule has 0 aromatic carbocycles. The van der Waals surface area contributed by atoms with E-state index >= 15 is 0 Å². The summed E-state index contributed by atoms with van der Waals surface area (Å²) in [7, 11) is 0. The molecule has 0 aromatic rings. The van der Waals surface area contributed by atoms with E-state index < -0.39 is 6.43 Å². The van der Waals surface area contributed by atoms with Crippen LogP contribution in [0.2, 0.25) is 0 Å². The molecule has 2 nitrogen and oxygen atoms in total. The predicted octanol–water partition coefficient (Wildman–Crippen LogP) is 1.51. The predicted molar refractivity (Wildman–Crippen MR) is 45.0 cm³/mol. The van der Waals surface area contributed by atoms with E-state index in [2.05, 4.69) is 0 Å². The van der Waals surface area contributed by atoms with Gasteiger partial charge in [0, 0.05) is 13.1 Å². The molecule has 0 unspecified atom stereocenters. The third-order valence-electron chi connectivity index (χ3n) is 2.99. The van der Waals surface area contributed by atoms with Gasteiger partial charge in [-0.2, -0.15) is 0 Å². The molecular weight excluding hydrogens is 176 g/mol. The van der Waals surface area contributed by atoms with Gasteiger partial charge in [-0.25, -0.2) is 8.78 Å². The molecule has 1 heterocycles. The SMILES string of the molecule is FC(F)CN1CCOC2(CCC2)C1. The van der Waals surface area contributed by atoms with Crippen molar-refractivity contribution >= 4 is 0 Å². The summed E-state index contributed by atoms with van der Waals surface area (Å²) < 4.78 is 29.8. The molecule has 0 radical (unpaired) electrons. The van der Waals surface area contributed by atoms with Crippen LogP contribution < -0.4 is 0 Å². The van der Waals surface area contributed by atoms with Crippen LogP contribution >= 0.6 is 0 Å². The van der Waals surface area contributed by atoms with Crippen molar-refractivity contribution in [3.8, 4) is 0 Å². The number of hydrogen-bond acceptors (Lipinski definition) is 2. The van der Waals surface area contributed by atoms with Crippen LogP contribution in [0.25, 0.3) is 0 Å². The summed E-state index contributed by atoms with van der Waals surface area (Å²) in [6.07, 6.45) is 1.07. The van der Waals surface area contributed by atoms with Crippen molar-refractivity contribution in [3.05, 3.63) is 0 Å². The highest BCUT2D eigenvalue weighted by molar-refractivity contribution is 4.94. The molecule has 1 saturated carbocycles. The number of rotatable bonds is 2. The molecule has 0 atom stereocenters. The molecule has 4 heteroatoms. The Morgan fingerprint density at radius 1 is 1.38 bits per heavy atom. The molecule has 2 fully saturated rings. The second kappa shape index (κ2) is 3.50. The van der Waals surface area contributed by atoms with E-state index in [4.69, 9.17) is 4.74 Å². The molecule has 1 saturated heterocycles. The zero-order valence-electron chi connectivity index (χ0n) is 7.64. The standard InChI is InChI=1S/C9H15F2NO/c10-8(11)6-12-4-5-13-9(7-12)2-1-3-9/h8H,1-7H2. The van der Waals surface area contributed by atoms with Gasteiger partial charge in [0.25, 0.3) is 6.43 Å². The Kier molecular flexibility index (Phi) is 2.51. The fourth-order valence-electron chi connectivity index (χ4n) is 2.15. The maximum absolute atomic E-state index is 12.1. The number of ether oxygens (including phenoxy) is 1. The zero-order chi connectivity index (χ0) is 9.31. The third kappa shape index (κ3) is 1.99. The Labute approximate surface area is 76.9 Å². The van der Waals surface area contributed by atoms with E-state index in [1.807, 2.05) is 4.90 Å². The van der Waals surface area contributed by atoms with Gasteiger partial charge >= 0.3 is 0 Å². The average Bonchev–Trinajstić information content (AvgIpc) is 2.01. The summed E-state index contributed by atoms with van der Waals surface area (Å²) in [6, 6.07) is 0. The van der Waals surface area contributed by atoms with Gasteiger partial charge in [0.1, 0.15) is 0 Å². The van der Waals surface area contributed by atoms with E-state index in [1.54, 1.807) is 0 Å². The number of hydrogen-bond donors (Lipinski definition) is 0. The first-order valence-corrected chi connectivity index (χ1v) is 4.85. The van der Waals surface area contributed by atoms with Crippen molar-refractivity contribution < 1.29 is 13.5 Å². The fourth-order valence-corrected chi connectivity index (χ4v) is 2.15. The summed E-state index contributed by atoms with van der Waals surface area (Å²) in [5.74, 6) is 0. The highest BCUT2D eigenvalue weighted by Gasteiger charge is 2.42. The van der Waals surface area contributed by atoms with Gasteiger partial charge in [-0.3, -0.25) is 4.90 Å². The topological polar surface area (TPSA) is 12.5 Å². The monoisotopic (exact) mass is 191 g/mol. The van der Waals surface area contributed by atoms with Gasteiger partial charge < -0.3 is 4.74 Å². The van der Waals surface area contributed by atoms with Crippen LogP contribution in [0.3, 0.4) is 0 Å². The normalized spacial score (nSPS) is 27.9. The minimum atomic E-state index is -2.21. The van der Waals surface area contributed by atoms with Gasteiger partial charge in [-0.1, -0.05) is 0 Å². The second-order valence-electron chi connectivity index (χ2n) is 4.01. The lowest BCUT2D eigenvalue weighted by molar-refractivity contribution is -0.156. The number of halogens is 2. The van der Waals surface area contributed by atoms with Crippen molar-refractivity contribution in [2.24, 2.45) is 0 Å². The number of alkyl halides is 2. The Hall–Kier alpha value is -0.220. The van der Waals surface area contributed by atoms with Crippen LogP contribution in [0.5, 0.6) is 0 Å². The molecule has 1 spiro atoms. The molecule has 2 aliphatic rings. The first-order chi connectivity index (χ1) is 6.20. The van der Waals surface area contributed by atoms with Crippen LogP contribution in [0, 0.1) is 0 Å². The van der Waals surface area contributed by atoms with Gasteiger partial charge in [0.15, 0.2) is 0 Å². The lowest BCUT2D eigenvalue weighted by atomic mass is 9.79. The van der Waals surface area contributed by atoms with Gasteiger partial charge in [-0.15, -0.1) is 0 Å². The van der Waals surface area contributed by atoms with E-state index in [9.17, 15) is 8.78 Å². The number of morpholine rings is 1. The first kappa shape index (κ1) is 9.34. The van der Waals surface area contributed by atoms with Gasteiger partial charge in [-0.05, 0) is 19.3 Å². The van der Waals surface area contributed by atoms with Crippen molar-refractivity contribution in [3.63, 3.8) is 0 Å². The van der Waals surface area contributed by atoms with Crippen LogP contribution in [0.1, 0.15) is 19.3 Å². The van der Waals surface area contributed by atoms with E-state index in [-0.39, 0.29) is 12.1 Å². The minimum absolute atomic E-state index is 0.0485. The lowest BCUT2D eigenvalue weighted by Crippen LogP contribution is -2.56. The lowest BCUT2D eigenvalue weighted by Gasteiger charge is -2.48. The number of nitrogens with zero attached hydrogens (tertiary/aromatic N) is 1. The van der Waals surface area contributed by atoms with Crippen LogP contribution in [-0.4, -0.2) is 43.2 Å². The largest absolute Gasteiger partial charge is 0.372 e.